The van der Waals surface area contributed by atoms with Gasteiger partial charge in [0.2, 0.25) is 0 Å². The van der Waals surface area contributed by atoms with E-state index in [4.69, 9.17) is 0 Å². The fourth-order valence-corrected chi connectivity index (χ4v) is 8.93. The standard InChI is InChI=1S/C48H32BN3/c1-3-17-33(18-4-1)50-43-29-13-9-25-39(43)49-40-26-10-14-30-44(40)52(46-32-16-31-45(50)47(46)49)42-28-12-8-22-36(42)38-24-15-23-37-35-21-7-11-27-41(35)51(48(37)38)34-19-5-2-6-20-34/h1-32H. The molecule has 4 heteroatoms. The van der Waals surface area contributed by atoms with Crippen LogP contribution in [-0.4, -0.2) is 11.3 Å². The van der Waals surface area contributed by atoms with Gasteiger partial charge in [-0.3, -0.25) is 0 Å². The van der Waals surface area contributed by atoms with Crippen molar-refractivity contribution < 1.29 is 0 Å². The molecule has 0 atom stereocenters. The molecule has 52 heavy (non-hydrogen) atoms. The van der Waals surface area contributed by atoms with Crippen LogP contribution >= 0.6 is 0 Å². The molecular weight excluding hydrogens is 629 g/mol. The first-order chi connectivity index (χ1) is 25.9. The lowest BCUT2D eigenvalue weighted by atomic mass is 9.33. The summed E-state index contributed by atoms with van der Waals surface area (Å²) in [6, 6.07) is 70.9. The number of hydrogen-bond acceptors (Lipinski definition) is 2. The molecule has 9 aromatic rings. The van der Waals surface area contributed by atoms with Gasteiger partial charge in [0.05, 0.1) is 16.7 Å². The molecule has 0 N–H and O–H groups in total. The molecule has 0 spiro atoms. The van der Waals surface area contributed by atoms with Gasteiger partial charge in [-0.15, -0.1) is 0 Å². The van der Waals surface area contributed by atoms with Crippen LogP contribution in [0.5, 0.6) is 0 Å². The van der Waals surface area contributed by atoms with Crippen LogP contribution in [0.25, 0.3) is 38.6 Å². The van der Waals surface area contributed by atoms with Gasteiger partial charge in [0, 0.05) is 56.0 Å². The van der Waals surface area contributed by atoms with Gasteiger partial charge >= 0.3 is 0 Å². The van der Waals surface area contributed by atoms with Gasteiger partial charge in [0.1, 0.15) is 0 Å². The van der Waals surface area contributed by atoms with E-state index in [0.717, 1.165) is 17.1 Å². The lowest BCUT2D eigenvalue weighted by molar-refractivity contribution is 1.18. The zero-order chi connectivity index (χ0) is 34.2. The highest BCUT2D eigenvalue weighted by Gasteiger charge is 2.43. The Kier molecular flexibility index (Phi) is 6.35. The third-order valence-corrected chi connectivity index (χ3v) is 11.0. The van der Waals surface area contributed by atoms with Gasteiger partial charge in [-0.25, -0.2) is 0 Å². The summed E-state index contributed by atoms with van der Waals surface area (Å²) < 4.78 is 2.44. The Hall–Kier alpha value is -6.78. The first-order valence-corrected chi connectivity index (χ1v) is 18.0. The second kappa shape index (κ2) is 11.4. The van der Waals surface area contributed by atoms with Crippen molar-refractivity contribution in [3.63, 3.8) is 0 Å². The highest BCUT2D eigenvalue weighted by atomic mass is 15.2. The summed E-state index contributed by atoms with van der Waals surface area (Å²) in [5.74, 6) is 0. The van der Waals surface area contributed by atoms with E-state index < -0.39 is 0 Å². The Morgan fingerprint density at radius 3 is 1.58 bits per heavy atom. The predicted molar refractivity (Wildman–Crippen MR) is 220 cm³/mol. The van der Waals surface area contributed by atoms with Gasteiger partial charge in [-0.2, -0.15) is 0 Å². The van der Waals surface area contributed by atoms with Crippen molar-refractivity contribution in [3.05, 3.63) is 194 Å². The van der Waals surface area contributed by atoms with E-state index in [2.05, 4.69) is 208 Å². The van der Waals surface area contributed by atoms with Crippen LogP contribution in [0.3, 0.4) is 0 Å². The molecule has 1 aromatic heterocycles. The monoisotopic (exact) mass is 661 g/mol. The van der Waals surface area contributed by atoms with Crippen LogP contribution < -0.4 is 26.2 Å². The summed E-state index contributed by atoms with van der Waals surface area (Å²) in [4.78, 5) is 4.97. The number of anilines is 6. The van der Waals surface area contributed by atoms with Crippen molar-refractivity contribution >= 4 is 79.0 Å². The fraction of sp³-hybridized carbons (Fsp3) is 0. The minimum Gasteiger partial charge on any atom is -0.311 e. The number of nitrogens with zero attached hydrogens (tertiary/aromatic N) is 3. The summed E-state index contributed by atoms with van der Waals surface area (Å²) in [5, 5.41) is 2.50. The molecule has 0 amide bonds. The van der Waals surface area contributed by atoms with E-state index in [0.29, 0.717) is 0 Å². The van der Waals surface area contributed by atoms with Gasteiger partial charge in [-0.05, 0) is 77.1 Å². The second-order valence-corrected chi connectivity index (χ2v) is 13.7. The number of fused-ring (bicyclic) bond motifs is 7. The van der Waals surface area contributed by atoms with Crippen molar-refractivity contribution in [2.45, 2.75) is 0 Å². The molecule has 0 fully saturated rings. The predicted octanol–water partition coefficient (Wildman–Crippen LogP) is 10.5. The molecule has 0 saturated heterocycles. The first kappa shape index (κ1) is 29.0. The molecule has 2 aliphatic heterocycles. The van der Waals surface area contributed by atoms with Crippen LogP contribution in [0.15, 0.2) is 194 Å². The number of para-hydroxylation sites is 7. The van der Waals surface area contributed by atoms with Crippen LogP contribution in [0.2, 0.25) is 0 Å². The molecule has 0 saturated carbocycles. The van der Waals surface area contributed by atoms with Crippen LogP contribution in [-0.2, 0) is 0 Å². The molecule has 242 valence electrons. The minimum atomic E-state index is 0.103. The maximum atomic E-state index is 2.52. The Bertz CT molecular complexity index is 2820. The number of benzene rings is 8. The number of aromatic nitrogens is 1. The van der Waals surface area contributed by atoms with Crippen molar-refractivity contribution in [3.8, 4) is 16.8 Å². The highest BCUT2D eigenvalue weighted by molar-refractivity contribution is 7.00. The number of rotatable bonds is 4. The average molecular weight is 662 g/mol. The summed E-state index contributed by atoms with van der Waals surface area (Å²) >= 11 is 0. The molecule has 0 bridgehead atoms. The van der Waals surface area contributed by atoms with Gasteiger partial charge in [-0.1, -0.05) is 133 Å². The lowest BCUT2D eigenvalue weighted by Crippen LogP contribution is -2.61. The fourth-order valence-electron chi connectivity index (χ4n) is 8.93. The molecule has 3 nitrogen and oxygen atoms in total. The molecule has 0 unspecified atom stereocenters. The molecule has 2 aliphatic rings. The van der Waals surface area contributed by atoms with Gasteiger partial charge in [0.25, 0.3) is 6.71 Å². The van der Waals surface area contributed by atoms with Crippen molar-refractivity contribution in [2.24, 2.45) is 0 Å². The maximum absolute atomic E-state index is 2.52. The van der Waals surface area contributed by atoms with Crippen LogP contribution in [0.4, 0.5) is 34.1 Å². The summed E-state index contributed by atoms with van der Waals surface area (Å²) in [7, 11) is 0. The highest BCUT2D eigenvalue weighted by Crippen LogP contribution is 2.47. The van der Waals surface area contributed by atoms with E-state index in [1.165, 1.54) is 72.1 Å². The van der Waals surface area contributed by atoms with Crippen molar-refractivity contribution in [1.82, 2.24) is 4.57 Å². The zero-order valence-corrected chi connectivity index (χ0v) is 28.4. The molecule has 11 rings (SSSR count). The smallest absolute Gasteiger partial charge is 0.252 e. The zero-order valence-electron chi connectivity index (χ0n) is 28.4. The third kappa shape index (κ3) is 4.09. The normalized spacial score (nSPS) is 12.9. The molecular formula is C48H32BN3. The Morgan fingerprint density at radius 2 is 0.827 bits per heavy atom. The Balaban J connectivity index is 1.20. The molecule has 3 heterocycles. The van der Waals surface area contributed by atoms with Gasteiger partial charge in [0.15, 0.2) is 0 Å². The van der Waals surface area contributed by atoms with Crippen molar-refractivity contribution in [2.75, 3.05) is 9.80 Å². The second-order valence-electron chi connectivity index (χ2n) is 13.7. The van der Waals surface area contributed by atoms with Gasteiger partial charge < -0.3 is 14.4 Å². The topological polar surface area (TPSA) is 11.4 Å². The molecule has 8 aromatic carbocycles. The van der Waals surface area contributed by atoms with Crippen molar-refractivity contribution in [1.29, 1.82) is 0 Å². The summed E-state index contributed by atoms with van der Waals surface area (Å²) in [5.41, 5.74) is 17.1. The van der Waals surface area contributed by atoms with E-state index in [1.807, 2.05) is 0 Å². The third-order valence-electron chi connectivity index (χ3n) is 11.0. The SMILES string of the molecule is c1ccc(N2c3ccccc3B3c4ccccc4N(c4ccccc4-c4cccc5c6ccccc6n(-c6ccccc6)c45)c4cccc2c43)cc1. The number of hydrogen-bond donors (Lipinski definition) is 0. The summed E-state index contributed by atoms with van der Waals surface area (Å²) in [6.07, 6.45) is 0. The van der Waals surface area contributed by atoms with Crippen LogP contribution in [0, 0.1) is 0 Å². The van der Waals surface area contributed by atoms with E-state index in [-0.39, 0.29) is 6.71 Å². The Morgan fingerprint density at radius 1 is 0.327 bits per heavy atom. The quantitative estimate of drug-likeness (QED) is 0.174. The molecule has 0 radical (unpaired) electrons. The average Bonchev–Trinajstić information content (AvgIpc) is 3.56. The largest absolute Gasteiger partial charge is 0.311 e. The van der Waals surface area contributed by atoms with Crippen LogP contribution in [0.1, 0.15) is 0 Å². The van der Waals surface area contributed by atoms with E-state index in [1.54, 1.807) is 0 Å². The Labute approximate surface area is 303 Å². The lowest BCUT2D eigenvalue weighted by Gasteiger charge is -2.44. The molecule has 0 aliphatic carbocycles. The maximum Gasteiger partial charge on any atom is 0.252 e. The summed E-state index contributed by atoms with van der Waals surface area (Å²) in [6.45, 7) is 0.103. The van der Waals surface area contributed by atoms with E-state index in [9.17, 15) is 0 Å². The minimum absolute atomic E-state index is 0.103. The first-order valence-electron chi connectivity index (χ1n) is 18.0. The van der Waals surface area contributed by atoms with E-state index >= 15 is 0 Å².